The second kappa shape index (κ2) is 5.21. The van der Waals surface area contributed by atoms with Crippen molar-refractivity contribution in [1.29, 1.82) is 0 Å². The van der Waals surface area contributed by atoms with Crippen LogP contribution < -0.4 is 0 Å². The number of amides is 1. The molecule has 1 aliphatic heterocycles. The van der Waals surface area contributed by atoms with E-state index in [4.69, 9.17) is 0 Å². The number of fused-ring (bicyclic) bond motifs is 3. The van der Waals surface area contributed by atoms with Crippen molar-refractivity contribution in [1.82, 2.24) is 9.88 Å². The number of hydrogen-bond acceptors (Lipinski definition) is 1. The molecule has 0 saturated heterocycles. The zero-order valence-electron chi connectivity index (χ0n) is 12.4. The van der Waals surface area contributed by atoms with Crippen LogP contribution in [-0.2, 0) is 17.8 Å². The van der Waals surface area contributed by atoms with E-state index in [0.717, 1.165) is 25.9 Å². The van der Waals surface area contributed by atoms with Gasteiger partial charge in [0, 0.05) is 29.6 Å². The normalized spacial score (nSPS) is 19.1. The van der Waals surface area contributed by atoms with Crippen molar-refractivity contribution in [3.63, 3.8) is 0 Å². The first-order valence-electron chi connectivity index (χ1n) is 8.17. The van der Waals surface area contributed by atoms with Crippen LogP contribution in [-0.4, -0.2) is 22.3 Å². The second-order valence-corrected chi connectivity index (χ2v) is 6.55. The molecule has 0 bridgehead atoms. The Kier molecular flexibility index (Phi) is 3.21. The van der Waals surface area contributed by atoms with E-state index in [1.165, 1.54) is 47.8 Å². The Morgan fingerprint density at radius 1 is 1.24 bits per heavy atom. The van der Waals surface area contributed by atoms with E-state index < -0.39 is 0 Å². The van der Waals surface area contributed by atoms with E-state index >= 15 is 0 Å². The molecule has 1 amide bonds. The molecule has 3 heteroatoms. The molecule has 0 atom stereocenters. The first kappa shape index (κ1) is 12.9. The second-order valence-electron chi connectivity index (χ2n) is 6.55. The van der Waals surface area contributed by atoms with Crippen LogP contribution in [0.5, 0.6) is 0 Å². The number of para-hydroxylation sites is 1. The maximum absolute atomic E-state index is 12.5. The predicted octanol–water partition coefficient (Wildman–Crippen LogP) is 3.63. The van der Waals surface area contributed by atoms with Gasteiger partial charge in [-0.15, -0.1) is 0 Å². The summed E-state index contributed by atoms with van der Waals surface area (Å²) >= 11 is 0. The predicted molar refractivity (Wildman–Crippen MR) is 84.0 cm³/mol. The number of H-pyrrole nitrogens is 1. The fourth-order valence-electron chi connectivity index (χ4n) is 4.00. The molecule has 4 rings (SSSR count). The average Bonchev–Trinajstić information content (AvgIpc) is 3.13. The van der Waals surface area contributed by atoms with Crippen LogP contribution in [0.3, 0.4) is 0 Å². The number of nitrogens with zero attached hydrogens (tertiary/aromatic N) is 1. The quantitative estimate of drug-likeness (QED) is 0.897. The van der Waals surface area contributed by atoms with E-state index in [9.17, 15) is 4.79 Å². The average molecular weight is 282 g/mol. The molecule has 2 aliphatic rings. The van der Waals surface area contributed by atoms with Gasteiger partial charge in [-0.25, -0.2) is 0 Å². The number of nitrogens with one attached hydrogen (secondary N) is 1. The number of carbonyl (C=O) groups is 1. The molecule has 1 fully saturated rings. The zero-order valence-corrected chi connectivity index (χ0v) is 12.4. The van der Waals surface area contributed by atoms with Gasteiger partial charge in [-0.2, -0.15) is 0 Å². The summed E-state index contributed by atoms with van der Waals surface area (Å²) < 4.78 is 0. The fraction of sp³-hybridized carbons (Fsp3) is 0.500. The summed E-state index contributed by atoms with van der Waals surface area (Å²) in [5.41, 5.74) is 3.85. The standard InChI is InChI=1S/C18H22N2O/c21-18(11-13-5-1-2-6-13)20-10-9-15-14-7-3-4-8-16(14)19-17(15)12-20/h3-4,7-8,13,19H,1-2,5-6,9-12H2. The molecular weight excluding hydrogens is 260 g/mol. The highest BCUT2D eigenvalue weighted by atomic mass is 16.2. The first-order chi connectivity index (χ1) is 10.3. The maximum Gasteiger partial charge on any atom is 0.223 e. The summed E-state index contributed by atoms with van der Waals surface area (Å²) in [7, 11) is 0. The fourth-order valence-corrected chi connectivity index (χ4v) is 4.00. The number of benzene rings is 1. The molecule has 2 heterocycles. The molecule has 0 unspecified atom stereocenters. The van der Waals surface area contributed by atoms with E-state index in [1.807, 2.05) is 0 Å². The van der Waals surface area contributed by atoms with Gasteiger partial charge in [-0.1, -0.05) is 31.0 Å². The highest BCUT2D eigenvalue weighted by molar-refractivity contribution is 5.85. The first-order valence-corrected chi connectivity index (χ1v) is 8.17. The van der Waals surface area contributed by atoms with Crippen molar-refractivity contribution in [2.45, 2.75) is 45.1 Å². The van der Waals surface area contributed by atoms with Gasteiger partial charge in [0.1, 0.15) is 0 Å². The molecule has 0 radical (unpaired) electrons. The lowest BCUT2D eigenvalue weighted by molar-refractivity contribution is -0.133. The summed E-state index contributed by atoms with van der Waals surface area (Å²) in [5.74, 6) is 0.993. The van der Waals surface area contributed by atoms with Gasteiger partial charge in [-0.05, 0) is 36.8 Å². The van der Waals surface area contributed by atoms with Gasteiger partial charge in [-0.3, -0.25) is 4.79 Å². The van der Waals surface area contributed by atoms with Crippen LogP contribution >= 0.6 is 0 Å². The molecular formula is C18H22N2O. The summed E-state index contributed by atoms with van der Waals surface area (Å²) in [5, 5.41) is 1.33. The van der Waals surface area contributed by atoms with E-state index in [0.29, 0.717) is 11.8 Å². The van der Waals surface area contributed by atoms with Crippen LogP contribution in [0.15, 0.2) is 24.3 Å². The lowest BCUT2D eigenvalue weighted by Gasteiger charge is -2.28. The monoisotopic (exact) mass is 282 g/mol. The molecule has 0 spiro atoms. The molecule has 21 heavy (non-hydrogen) atoms. The molecule has 1 aromatic carbocycles. The van der Waals surface area contributed by atoms with E-state index in [2.05, 4.69) is 34.1 Å². The van der Waals surface area contributed by atoms with E-state index in [1.54, 1.807) is 0 Å². The van der Waals surface area contributed by atoms with Crippen LogP contribution in [0.1, 0.15) is 43.4 Å². The number of rotatable bonds is 2. The Hall–Kier alpha value is -1.77. The Morgan fingerprint density at radius 2 is 2.05 bits per heavy atom. The van der Waals surface area contributed by atoms with E-state index in [-0.39, 0.29) is 0 Å². The van der Waals surface area contributed by atoms with Crippen LogP contribution in [0.4, 0.5) is 0 Å². The third-order valence-corrected chi connectivity index (χ3v) is 5.17. The maximum atomic E-state index is 12.5. The van der Waals surface area contributed by atoms with Crippen molar-refractivity contribution >= 4 is 16.8 Å². The van der Waals surface area contributed by atoms with Gasteiger partial charge in [0.25, 0.3) is 0 Å². The Morgan fingerprint density at radius 3 is 2.90 bits per heavy atom. The minimum atomic E-state index is 0.353. The van der Waals surface area contributed by atoms with Gasteiger partial charge >= 0.3 is 0 Å². The lowest BCUT2D eigenvalue weighted by atomic mass is 10.0. The minimum Gasteiger partial charge on any atom is -0.357 e. The number of aromatic nitrogens is 1. The van der Waals surface area contributed by atoms with Gasteiger partial charge < -0.3 is 9.88 Å². The number of carbonyl (C=O) groups excluding carboxylic acids is 1. The molecule has 1 N–H and O–H groups in total. The summed E-state index contributed by atoms with van der Waals surface area (Å²) in [6.07, 6.45) is 6.86. The summed E-state index contributed by atoms with van der Waals surface area (Å²) in [4.78, 5) is 18.0. The molecule has 1 aliphatic carbocycles. The zero-order chi connectivity index (χ0) is 14.2. The van der Waals surface area contributed by atoms with Crippen molar-refractivity contribution in [2.75, 3.05) is 6.54 Å². The highest BCUT2D eigenvalue weighted by Gasteiger charge is 2.26. The number of aromatic amines is 1. The Bertz CT molecular complexity index is 667. The highest BCUT2D eigenvalue weighted by Crippen LogP contribution is 2.30. The summed E-state index contributed by atoms with van der Waals surface area (Å²) in [6.45, 7) is 1.63. The minimum absolute atomic E-state index is 0.353. The van der Waals surface area contributed by atoms with Crippen LogP contribution in [0, 0.1) is 5.92 Å². The van der Waals surface area contributed by atoms with Crippen molar-refractivity contribution in [3.8, 4) is 0 Å². The van der Waals surface area contributed by atoms with Gasteiger partial charge in [0.15, 0.2) is 0 Å². The molecule has 1 aromatic heterocycles. The smallest absolute Gasteiger partial charge is 0.223 e. The van der Waals surface area contributed by atoms with Crippen molar-refractivity contribution in [3.05, 3.63) is 35.5 Å². The Labute approximate surface area is 125 Å². The molecule has 2 aromatic rings. The molecule has 1 saturated carbocycles. The van der Waals surface area contributed by atoms with Crippen molar-refractivity contribution in [2.24, 2.45) is 5.92 Å². The van der Waals surface area contributed by atoms with Crippen molar-refractivity contribution < 1.29 is 4.79 Å². The molecule has 110 valence electrons. The third kappa shape index (κ3) is 2.35. The van der Waals surface area contributed by atoms with Crippen LogP contribution in [0.2, 0.25) is 0 Å². The van der Waals surface area contributed by atoms with Crippen LogP contribution in [0.25, 0.3) is 10.9 Å². The Balaban J connectivity index is 1.52. The number of hydrogen-bond donors (Lipinski definition) is 1. The van der Waals surface area contributed by atoms with Gasteiger partial charge in [0.05, 0.1) is 6.54 Å². The van der Waals surface area contributed by atoms with Gasteiger partial charge in [0.2, 0.25) is 5.91 Å². The third-order valence-electron chi connectivity index (χ3n) is 5.17. The summed E-state index contributed by atoms with van der Waals surface area (Å²) in [6, 6.07) is 8.46. The molecule has 3 nitrogen and oxygen atoms in total. The topological polar surface area (TPSA) is 36.1 Å². The SMILES string of the molecule is O=C(CC1CCCC1)N1CCc2c([nH]c3ccccc23)C1. The largest absolute Gasteiger partial charge is 0.357 e. The lowest BCUT2D eigenvalue weighted by Crippen LogP contribution is -2.36.